The lowest BCUT2D eigenvalue weighted by Gasteiger charge is -2.30. The number of methoxy groups -OCH3 is 1. The Kier molecular flexibility index (Phi) is 5.54. The van der Waals surface area contributed by atoms with Crippen LogP contribution in [0.4, 0.5) is 15.8 Å². The normalized spacial score (nSPS) is 13.3. The van der Waals surface area contributed by atoms with Crippen LogP contribution in [0.1, 0.15) is 22.3 Å². The Morgan fingerprint density at radius 1 is 1.31 bits per heavy atom. The van der Waals surface area contributed by atoms with Crippen molar-refractivity contribution < 1.29 is 18.7 Å². The van der Waals surface area contributed by atoms with E-state index in [2.05, 4.69) is 5.32 Å². The molecule has 1 aliphatic rings. The largest absolute Gasteiger partial charge is 0.375 e. The van der Waals surface area contributed by atoms with Gasteiger partial charge in [-0.15, -0.1) is 0 Å². The second-order valence-corrected chi connectivity index (χ2v) is 6.38. The average molecular weight is 377 g/mol. The molecular formula is C19H18ClFN2O3. The molecule has 5 nitrogen and oxygen atoms in total. The predicted molar refractivity (Wildman–Crippen MR) is 98.4 cm³/mol. The van der Waals surface area contributed by atoms with E-state index >= 15 is 0 Å². The maximum Gasteiger partial charge on any atom is 0.260 e. The molecule has 3 rings (SSSR count). The summed E-state index contributed by atoms with van der Waals surface area (Å²) in [7, 11) is 1.47. The zero-order valence-corrected chi connectivity index (χ0v) is 15.0. The van der Waals surface area contributed by atoms with Crippen LogP contribution in [0.15, 0.2) is 36.4 Å². The molecule has 2 amide bonds. The number of fused-ring (bicyclic) bond motifs is 1. The Hall–Kier alpha value is -2.44. The van der Waals surface area contributed by atoms with Gasteiger partial charge >= 0.3 is 0 Å². The highest BCUT2D eigenvalue weighted by Crippen LogP contribution is 2.31. The van der Waals surface area contributed by atoms with E-state index in [-0.39, 0.29) is 23.1 Å². The predicted octanol–water partition coefficient (Wildman–Crippen LogP) is 3.66. The van der Waals surface area contributed by atoms with E-state index in [0.717, 1.165) is 24.1 Å². The van der Waals surface area contributed by atoms with Crippen LogP contribution in [0.2, 0.25) is 5.02 Å². The quantitative estimate of drug-likeness (QED) is 0.886. The van der Waals surface area contributed by atoms with Crippen LogP contribution in [0.3, 0.4) is 0 Å². The van der Waals surface area contributed by atoms with E-state index in [1.54, 1.807) is 17.0 Å². The average Bonchev–Trinajstić information content (AvgIpc) is 2.61. The maximum absolute atomic E-state index is 13.9. The Labute approximate surface area is 155 Å². The number of benzene rings is 2. The number of aryl methyl sites for hydroxylation is 1. The first kappa shape index (κ1) is 18.4. The number of nitrogens with zero attached hydrogens (tertiary/aromatic N) is 1. The third-order valence-electron chi connectivity index (χ3n) is 4.22. The van der Waals surface area contributed by atoms with Gasteiger partial charge in [0.2, 0.25) is 0 Å². The van der Waals surface area contributed by atoms with E-state index in [1.807, 2.05) is 6.07 Å². The van der Waals surface area contributed by atoms with E-state index < -0.39 is 11.7 Å². The van der Waals surface area contributed by atoms with Gasteiger partial charge in [0, 0.05) is 25.0 Å². The summed E-state index contributed by atoms with van der Waals surface area (Å²) in [6.07, 6.45) is 1.71. The molecule has 0 saturated heterocycles. The van der Waals surface area contributed by atoms with E-state index in [4.69, 9.17) is 16.3 Å². The molecule has 2 aromatic carbocycles. The molecule has 136 valence electrons. The van der Waals surface area contributed by atoms with Crippen LogP contribution in [0, 0.1) is 5.82 Å². The Bertz CT molecular complexity index is 836. The van der Waals surface area contributed by atoms with Crippen LogP contribution in [0.25, 0.3) is 0 Å². The summed E-state index contributed by atoms with van der Waals surface area (Å²) in [5, 5.41) is 2.69. The first-order chi connectivity index (χ1) is 12.5. The minimum absolute atomic E-state index is 0.0130. The van der Waals surface area contributed by atoms with E-state index in [1.165, 1.54) is 25.3 Å². The van der Waals surface area contributed by atoms with Gasteiger partial charge in [-0.1, -0.05) is 23.7 Å². The Morgan fingerprint density at radius 2 is 2.12 bits per heavy atom. The van der Waals surface area contributed by atoms with Gasteiger partial charge in [0.15, 0.2) is 0 Å². The number of halogens is 2. The lowest BCUT2D eigenvalue weighted by molar-refractivity contribution is -0.122. The van der Waals surface area contributed by atoms with Crippen LogP contribution in [-0.4, -0.2) is 32.1 Å². The summed E-state index contributed by atoms with van der Waals surface area (Å²) >= 11 is 5.94. The fraction of sp³-hybridized carbons (Fsp3) is 0.263. The van der Waals surface area contributed by atoms with Gasteiger partial charge < -0.3 is 15.0 Å². The number of hydrogen-bond acceptors (Lipinski definition) is 3. The third kappa shape index (κ3) is 3.71. The summed E-state index contributed by atoms with van der Waals surface area (Å²) in [5.74, 6) is -1.47. The van der Waals surface area contributed by atoms with Crippen LogP contribution < -0.4 is 10.2 Å². The van der Waals surface area contributed by atoms with Crippen LogP contribution >= 0.6 is 11.6 Å². The molecule has 0 unspecified atom stereocenters. The molecule has 0 bridgehead atoms. The number of amides is 2. The molecule has 0 aromatic heterocycles. The number of carbonyl (C=O) groups is 2. The highest BCUT2D eigenvalue weighted by Gasteiger charge is 2.23. The lowest BCUT2D eigenvalue weighted by Crippen LogP contribution is -2.37. The molecule has 1 aliphatic heterocycles. The smallest absolute Gasteiger partial charge is 0.260 e. The van der Waals surface area contributed by atoms with Crippen molar-refractivity contribution in [2.75, 3.05) is 30.5 Å². The lowest BCUT2D eigenvalue weighted by atomic mass is 10.0. The van der Waals surface area contributed by atoms with Crippen molar-refractivity contribution in [1.82, 2.24) is 0 Å². The van der Waals surface area contributed by atoms with Gasteiger partial charge in [0.25, 0.3) is 11.8 Å². The Morgan fingerprint density at radius 3 is 2.85 bits per heavy atom. The molecule has 0 radical (unpaired) electrons. The summed E-state index contributed by atoms with van der Waals surface area (Å²) in [6.45, 7) is 0.576. The fourth-order valence-corrected chi connectivity index (χ4v) is 3.27. The van der Waals surface area contributed by atoms with Crippen molar-refractivity contribution in [3.8, 4) is 0 Å². The van der Waals surface area contributed by atoms with Crippen molar-refractivity contribution in [3.63, 3.8) is 0 Å². The highest BCUT2D eigenvalue weighted by molar-refractivity contribution is 6.34. The number of carbonyl (C=O) groups excluding carboxylic acids is 2. The van der Waals surface area contributed by atoms with Gasteiger partial charge in [-0.2, -0.15) is 0 Å². The monoisotopic (exact) mass is 376 g/mol. The Balaban J connectivity index is 1.87. The topological polar surface area (TPSA) is 58.6 Å². The second-order valence-electron chi connectivity index (χ2n) is 5.98. The zero-order valence-electron chi connectivity index (χ0n) is 14.2. The second kappa shape index (κ2) is 7.85. The van der Waals surface area contributed by atoms with Gasteiger partial charge in [0.05, 0.1) is 10.6 Å². The number of rotatable bonds is 4. The summed E-state index contributed by atoms with van der Waals surface area (Å²) in [6, 6.07) is 9.38. The summed E-state index contributed by atoms with van der Waals surface area (Å²) < 4.78 is 18.9. The van der Waals surface area contributed by atoms with Gasteiger partial charge in [-0.3, -0.25) is 9.59 Å². The number of nitrogens with one attached hydrogen (secondary N) is 1. The SMILES string of the molecule is COCC(=O)N1CCCc2ccc(NC(=O)c3c(F)cccc3Cl)cc21. The fourth-order valence-electron chi connectivity index (χ4n) is 3.02. The molecule has 2 aromatic rings. The number of hydrogen-bond donors (Lipinski definition) is 1. The standard InChI is InChI=1S/C19H18ClFN2O3/c1-26-11-17(24)23-9-3-4-12-7-8-13(10-16(12)23)22-19(25)18-14(20)5-2-6-15(18)21/h2,5-8,10H,3-4,9,11H2,1H3,(H,22,25). The first-order valence-corrected chi connectivity index (χ1v) is 8.56. The van der Waals surface area contributed by atoms with Gasteiger partial charge in [-0.25, -0.2) is 4.39 Å². The third-order valence-corrected chi connectivity index (χ3v) is 4.54. The van der Waals surface area contributed by atoms with Crippen molar-refractivity contribution in [3.05, 3.63) is 58.4 Å². The van der Waals surface area contributed by atoms with Crippen LogP contribution in [-0.2, 0) is 16.0 Å². The number of anilines is 2. The minimum atomic E-state index is -0.690. The van der Waals surface area contributed by atoms with Gasteiger partial charge in [0.1, 0.15) is 12.4 Å². The number of ether oxygens (including phenoxy) is 1. The van der Waals surface area contributed by atoms with Gasteiger partial charge in [-0.05, 0) is 42.7 Å². The summed E-state index contributed by atoms with van der Waals surface area (Å²) in [5.41, 5.74) is 2.00. The van der Waals surface area contributed by atoms with E-state index in [9.17, 15) is 14.0 Å². The molecule has 0 spiro atoms. The molecule has 1 N–H and O–H groups in total. The van der Waals surface area contributed by atoms with Crippen molar-refractivity contribution in [2.45, 2.75) is 12.8 Å². The molecule has 0 aliphatic carbocycles. The molecule has 7 heteroatoms. The molecular weight excluding hydrogens is 359 g/mol. The molecule has 0 fully saturated rings. The molecule has 0 atom stereocenters. The zero-order chi connectivity index (χ0) is 18.7. The summed E-state index contributed by atoms with van der Waals surface area (Å²) in [4.78, 5) is 26.3. The van der Waals surface area contributed by atoms with Crippen molar-refractivity contribution in [1.29, 1.82) is 0 Å². The van der Waals surface area contributed by atoms with Crippen molar-refractivity contribution in [2.24, 2.45) is 0 Å². The highest BCUT2D eigenvalue weighted by atomic mass is 35.5. The first-order valence-electron chi connectivity index (χ1n) is 8.19. The van der Waals surface area contributed by atoms with Crippen molar-refractivity contribution >= 4 is 34.8 Å². The molecule has 1 heterocycles. The van der Waals surface area contributed by atoms with Crippen LogP contribution in [0.5, 0.6) is 0 Å². The van der Waals surface area contributed by atoms with E-state index in [0.29, 0.717) is 12.2 Å². The molecule has 26 heavy (non-hydrogen) atoms. The molecule has 0 saturated carbocycles. The minimum Gasteiger partial charge on any atom is -0.375 e. The maximum atomic E-state index is 13.9.